The number of carbonyl (C=O) groups excluding carboxylic acids is 2. The van der Waals surface area contributed by atoms with Gasteiger partial charge >= 0.3 is 11.9 Å². The molecule has 0 heterocycles. The van der Waals surface area contributed by atoms with Crippen LogP contribution in [0.5, 0.6) is 11.5 Å². The number of hydrogen-bond donors (Lipinski definition) is 0. The summed E-state index contributed by atoms with van der Waals surface area (Å²) in [6.45, 7) is 0.768. The highest BCUT2D eigenvalue weighted by Gasteiger charge is 2.17. The number of esters is 2. The van der Waals surface area contributed by atoms with Gasteiger partial charge in [0.05, 0.1) is 18.8 Å². The molecular weight excluding hydrogens is 440 g/mol. The van der Waals surface area contributed by atoms with Crippen LogP contribution in [0.4, 0.5) is 0 Å². The molecule has 5 heteroatoms. The Morgan fingerprint density at radius 3 is 1.80 bits per heavy atom. The molecule has 0 fully saturated rings. The minimum atomic E-state index is -0.564. The smallest absolute Gasteiger partial charge is 0.343 e. The van der Waals surface area contributed by atoms with Crippen molar-refractivity contribution in [3.05, 3.63) is 131 Å². The van der Waals surface area contributed by atoms with Crippen molar-refractivity contribution in [2.45, 2.75) is 12.8 Å². The predicted octanol–water partition coefficient (Wildman–Crippen LogP) is 5.93. The van der Waals surface area contributed by atoms with Crippen molar-refractivity contribution in [3.8, 4) is 11.5 Å². The summed E-state index contributed by atoms with van der Waals surface area (Å²) in [6.07, 6.45) is 1.40. The molecule has 0 aromatic heterocycles. The average Bonchev–Trinajstić information content (AvgIpc) is 2.90. The van der Waals surface area contributed by atoms with Crippen molar-refractivity contribution in [1.29, 1.82) is 0 Å². The Labute approximate surface area is 204 Å². The van der Waals surface area contributed by atoms with E-state index in [2.05, 4.69) is 12.1 Å². The summed E-state index contributed by atoms with van der Waals surface area (Å²) in [6, 6.07) is 33.1. The van der Waals surface area contributed by atoms with Crippen LogP contribution < -0.4 is 9.47 Å². The molecule has 0 aliphatic rings. The molecule has 0 saturated carbocycles. The summed E-state index contributed by atoms with van der Waals surface area (Å²) in [5.74, 6) is -0.276. The van der Waals surface area contributed by atoms with Crippen LogP contribution in [0.25, 0.3) is 0 Å². The van der Waals surface area contributed by atoms with Crippen LogP contribution >= 0.6 is 0 Å². The van der Waals surface area contributed by atoms with E-state index < -0.39 is 11.9 Å². The van der Waals surface area contributed by atoms with Gasteiger partial charge in [0.1, 0.15) is 17.1 Å². The van der Waals surface area contributed by atoms with Crippen molar-refractivity contribution >= 4 is 11.9 Å². The molecule has 0 aliphatic carbocycles. The number of hydrogen-bond acceptors (Lipinski definition) is 5. The van der Waals surface area contributed by atoms with E-state index in [1.165, 1.54) is 5.56 Å². The largest absolute Gasteiger partial charge is 0.493 e. The third kappa shape index (κ3) is 7.05. The Morgan fingerprint density at radius 2 is 1.14 bits per heavy atom. The Bertz CT molecular complexity index is 1230. The molecule has 35 heavy (non-hydrogen) atoms. The molecule has 4 rings (SSSR count). The van der Waals surface area contributed by atoms with Gasteiger partial charge in [-0.3, -0.25) is 0 Å². The van der Waals surface area contributed by atoms with Gasteiger partial charge in [-0.05, 0) is 47.5 Å². The maximum Gasteiger partial charge on any atom is 0.343 e. The summed E-state index contributed by atoms with van der Waals surface area (Å²) < 4.78 is 16.7. The van der Waals surface area contributed by atoms with Gasteiger partial charge in [0, 0.05) is 12.8 Å². The van der Waals surface area contributed by atoms with Crippen LogP contribution in [0.3, 0.4) is 0 Å². The van der Waals surface area contributed by atoms with Gasteiger partial charge in [0.2, 0.25) is 0 Å². The fraction of sp³-hybridized carbons (Fsp3) is 0.133. The Morgan fingerprint density at radius 1 is 0.571 bits per heavy atom. The van der Waals surface area contributed by atoms with Crippen molar-refractivity contribution in [2.24, 2.45) is 0 Å². The fourth-order valence-corrected chi connectivity index (χ4v) is 3.49. The minimum absolute atomic E-state index is 0.158. The van der Waals surface area contributed by atoms with E-state index in [9.17, 15) is 9.59 Å². The lowest BCUT2D eigenvalue weighted by atomic mass is 10.1. The summed E-state index contributed by atoms with van der Waals surface area (Å²) in [7, 11) is 0. The summed E-state index contributed by atoms with van der Waals surface area (Å²) in [5, 5.41) is 0. The second-order valence-electron chi connectivity index (χ2n) is 7.87. The first kappa shape index (κ1) is 23.8. The van der Waals surface area contributed by atoms with Crippen LogP contribution in [0.2, 0.25) is 0 Å². The van der Waals surface area contributed by atoms with E-state index >= 15 is 0 Å². The quantitative estimate of drug-likeness (QED) is 0.214. The van der Waals surface area contributed by atoms with Crippen LogP contribution in [-0.2, 0) is 17.6 Å². The molecule has 0 N–H and O–H groups in total. The lowest BCUT2D eigenvalue weighted by Crippen LogP contribution is -2.14. The number of para-hydroxylation sites is 1. The lowest BCUT2D eigenvalue weighted by molar-refractivity contribution is 0.0504. The molecular formula is C30H26O5. The van der Waals surface area contributed by atoms with E-state index in [1.54, 1.807) is 48.5 Å². The Hall–Kier alpha value is -4.38. The average molecular weight is 467 g/mol. The molecule has 0 radical (unpaired) electrons. The highest BCUT2D eigenvalue weighted by Crippen LogP contribution is 2.21. The fourth-order valence-electron chi connectivity index (χ4n) is 3.49. The SMILES string of the molecule is O=C(Oc1ccccc1C(=O)OCCc1ccccc1)c1ccc(OCCc2ccccc2)cc1. The Kier molecular flexibility index (Phi) is 8.28. The second-order valence-corrected chi connectivity index (χ2v) is 7.87. The molecule has 0 atom stereocenters. The van der Waals surface area contributed by atoms with Gasteiger partial charge < -0.3 is 14.2 Å². The molecule has 0 amide bonds. The molecule has 4 aromatic rings. The van der Waals surface area contributed by atoms with Crippen LogP contribution in [0.1, 0.15) is 31.8 Å². The standard InChI is InChI=1S/C30H26O5/c31-29(25-15-17-26(18-16-25)33-21-19-23-9-3-1-4-10-23)35-28-14-8-7-13-27(28)30(32)34-22-20-24-11-5-2-6-12-24/h1-18H,19-22H2. The normalized spacial score (nSPS) is 10.4. The van der Waals surface area contributed by atoms with E-state index in [4.69, 9.17) is 14.2 Å². The number of benzene rings is 4. The first-order valence-electron chi connectivity index (χ1n) is 11.5. The van der Waals surface area contributed by atoms with Crippen LogP contribution in [0.15, 0.2) is 109 Å². The van der Waals surface area contributed by atoms with Gasteiger partial charge in [-0.15, -0.1) is 0 Å². The molecule has 0 aliphatic heterocycles. The predicted molar refractivity (Wildman–Crippen MR) is 134 cm³/mol. The monoisotopic (exact) mass is 466 g/mol. The number of carbonyl (C=O) groups is 2. The molecule has 5 nitrogen and oxygen atoms in total. The van der Waals surface area contributed by atoms with Crippen LogP contribution in [-0.4, -0.2) is 25.2 Å². The van der Waals surface area contributed by atoms with Crippen molar-refractivity contribution in [2.75, 3.05) is 13.2 Å². The van der Waals surface area contributed by atoms with Gasteiger partial charge in [-0.1, -0.05) is 72.8 Å². The zero-order chi connectivity index (χ0) is 24.3. The Balaban J connectivity index is 1.30. The summed E-state index contributed by atoms with van der Waals surface area (Å²) >= 11 is 0. The lowest BCUT2D eigenvalue weighted by Gasteiger charge is -2.11. The molecule has 176 valence electrons. The molecule has 0 saturated heterocycles. The van der Waals surface area contributed by atoms with E-state index in [0.717, 1.165) is 12.0 Å². The van der Waals surface area contributed by atoms with Gasteiger partial charge in [-0.2, -0.15) is 0 Å². The van der Waals surface area contributed by atoms with E-state index in [1.807, 2.05) is 48.5 Å². The molecule has 0 spiro atoms. The van der Waals surface area contributed by atoms with Crippen LogP contribution in [0, 0.1) is 0 Å². The second kappa shape index (κ2) is 12.2. The third-order valence-electron chi connectivity index (χ3n) is 5.37. The topological polar surface area (TPSA) is 61.8 Å². The van der Waals surface area contributed by atoms with Crippen molar-refractivity contribution < 1.29 is 23.8 Å². The van der Waals surface area contributed by atoms with Gasteiger partial charge in [0.15, 0.2) is 0 Å². The number of ether oxygens (including phenoxy) is 3. The zero-order valence-electron chi connectivity index (χ0n) is 19.3. The third-order valence-corrected chi connectivity index (χ3v) is 5.37. The summed E-state index contributed by atoms with van der Waals surface area (Å²) in [5.41, 5.74) is 2.83. The maximum absolute atomic E-state index is 12.7. The minimum Gasteiger partial charge on any atom is -0.493 e. The number of rotatable bonds is 10. The highest BCUT2D eigenvalue weighted by molar-refractivity contribution is 5.96. The first-order valence-corrected chi connectivity index (χ1v) is 11.5. The maximum atomic E-state index is 12.7. The van der Waals surface area contributed by atoms with Gasteiger partial charge in [-0.25, -0.2) is 9.59 Å². The van der Waals surface area contributed by atoms with Crippen molar-refractivity contribution in [1.82, 2.24) is 0 Å². The summed E-state index contributed by atoms with van der Waals surface area (Å²) in [4.78, 5) is 25.3. The molecule has 0 unspecified atom stereocenters. The first-order chi connectivity index (χ1) is 17.2. The van der Waals surface area contributed by atoms with E-state index in [-0.39, 0.29) is 17.9 Å². The van der Waals surface area contributed by atoms with Crippen molar-refractivity contribution in [3.63, 3.8) is 0 Å². The zero-order valence-corrected chi connectivity index (χ0v) is 19.3. The molecule has 4 aromatic carbocycles. The van der Waals surface area contributed by atoms with E-state index in [0.29, 0.717) is 24.3 Å². The van der Waals surface area contributed by atoms with Gasteiger partial charge in [0.25, 0.3) is 0 Å². The molecule has 0 bridgehead atoms. The highest BCUT2D eigenvalue weighted by atomic mass is 16.5.